The first kappa shape index (κ1) is 12.9. The largest absolute Gasteiger partial charge is 0.349 e. The van der Waals surface area contributed by atoms with E-state index in [4.69, 9.17) is 0 Å². The molecular weight excluding hydrogens is 224 g/mol. The summed E-state index contributed by atoms with van der Waals surface area (Å²) in [7, 11) is 1.94. The zero-order chi connectivity index (χ0) is 13.1. The van der Waals surface area contributed by atoms with Gasteiger partial charge in [-0.1, -0.05) is 0 Å². The number of hydrogen-bond acceptors (Lipinski definition) is 2. The van der Waals surface area contributed by atoms with Crippen molar-refractivity contribution in [1.82, 2.24) is 19.7 Å². The second kappa shape index (κ2) is 5.40. The molecule has 0 aliphatic rings. The highest BCUT2D eigenvalue weighted by Gasteiger charge is 2.07. The lowest BCUT2D eigenvalue weighted by Crippen LogP contribution is -2.14. The second-order valence-electron chi connectivity index (χ2n) is 4.72. The first-order valence-electron chi connectivity index (χ1n) is 6.46. The number of aromatic nitrogens is 3. The minimum Gasteiger partial charge on any atom is -0.349 e. The van der Waals surface area contributed by atoms with Crippen LogP contribution in [-0.4, -0.2) is 14.3 Å². The van der Waals surface area contributed by atoms with Crippen molar-refractivity contribution >= 4 is 0 Å². The summed E-state index contributed by atoms with van der Waals surface area (Å²) in [6.45, 7) is 9.29. The van der Waals surface area contributed by atoms with Crippen LogP contribution in [0.4, 0.5) is 0 Å². The fourth-order valence-electron chi connectivity index (χ4n) is 2.42. The highest BCUT2D eigenvalue weighted by atomic mass is 15.3. The highest BCUT2D eigenvalue weighted by molar-refractivity contribution is 5.26. The standard InChI is InChI=1S/C14H22N4/c1-5-18-11(2)8-13(12(18)3)9-15-10-14-6-7-17(4)16-14/h6-8,15H,5,9-10H2,1-4H3. The fraction of sp³-hybridized carbons (Fsp3) is 0.500. The summed E-state index contributed by atoms with van der Waals surface area (Å²) in [6, 6.07) is 4.31. The predicted molar refractivity (Wildman–Crippen MR) is 73.3 cm³/mol. The van der Waals surface area contributed by atoms with Crippen molar-refractivity contribution in [2.45, 2.75) is 40.4 Å². The topological polar surface area (TPSA) is 34.8 Å². The van der Waals surface area contributed by atoms with Crippen molar-refractivity contribution in [3.05, 3.63) is 41.0 Å². The molecule has 0 aliphatic heterocycles. The molecule has 0 saturated heterocycles. The maximum Gasteiger partial charge on any atom is 0.0762 e. The molecule has 0 spiro atoms. The fourth-order valence-corrected chi connectivity index (χ4v) is 2.42. The Labute approximate surface area is 109 Å². The molecule has 2 aromatic rings. The summed E-state index contributed by atoms with van der Waals surface area (Å²) in [5.74, 6) is 0. The minimum absolute atomic E-state index is 0.816. The van der Waals surface area contributed by atoms with E-state index in [0.29, 0.717) is 0 Å². The predicted octanol–water partition coefficient (Wildman–Crippen LogP) is 2.15. The van der Waals surface area contributed by atoms with E-state index in [1.54, 1.807) is 0 Å². The van der Waals surface area contributed by atoms with Gasteiger partial charge in [-0.25, -0.2) is 0 Å². The maximum absolute atomic E-state index is 4.35. The maximum atomic E-state index is 4.35. The quantitative estimate of drug-likeness (QED) is 0.877. The Hall–Kier alpha value is -1.55. The van der Waals surface area contributed by atoms with Crippen LogP contribution in [0.2, 0.25) is 0 Å². The van der Waals surface area contributed by atoms with Gasteiger partial charge in [0.15, 0.2) is 0 Å². The van der Waals surface area contributed by atoms with Crippen molar-refractivity contribution in [2.24, 2.45) is 7.05 Å². The summed E-state index contributed by atoms with van der Waals surface area (Å²) in [5.41, 5.74) is 5.17. The lowest BCUT2D eigenvalue weighted by atomic mass is 10.2. The van der Waals surface area contributed by atoms with Crippen LogP contribution in [-0.2, 0) is 26.7 Å². The SMILES string of the molecule is CCn1c(C)cc(CNCc2ccn(C)n2)c1C. The van der Waals surface area contributed by atoms with E-state index >= 15 is 0 Å². The average molecular weight is 246 g/mol. The van der Waals surface area contributed by atoms with Gasteiger partial charge in [0.2, 0.25) is 0 Å². The molecule has 0 amide bonds. The van der Waals surface area contributed by atoms with E-state index in [0.717, 1.165) is 25.3 Å². The Morgan fingerprint density at radius 1 is 1.28 bits per heavy atom. The third-order valence-electron chi connectivity index (χ3n) is 3.39. The van der Waals surface area contributed by atoms with Gasteiger partial charge in [-0.2, -0.15) is 5.10 Å². The van der Waals surface area contributed by atoms with Gasteiger partial charge >= 0.3 is 0 Å². The summed E-state index contributed by atoms with van der Waals surface area (Å²) in [6.07, 6.45) is 1.97. The highest BCUT2D eigenvalue weighted by Crippen LogP contribution is 2.14. The molecule has 0 aromatic carbocycles. The lowest BCUT2D eigenvalue weighted by molar-refractivity contribution is 0.649. The number of aryl methyl sites for hydroxylation is 2. The van der Waals surface area contributed by atoms with E-state index in [2.05, 4.69) is 41.8 Å². The van der Waals surface area contributed by atoms with Gasteiger partial charge in [0.1, 0.15) is 0 Å². The van der Waals surface area contributed by atoms with Crippen LogP contribution in [0.1, 0.15) is 29.6 Å². The summed E-state index contributed by atoms with van der Waals surface area (Å²) < 4.78 is 4.18. The summed E-state index contributed by atoms with van der Waals surface area (Å²) in [5, 5.41) is 7.80. The molecule has 2 aromatic heterocycles. The summed E-state index contributed by atoms with van der Waals surface area (Å²) >= 11 is 0. The lowest BCUT2D eigenvalue weighted by Gasteiger charge is -2.06. The molecule has 18 heavy (non-hydrogen) atoms. The van der Waals surface area contributed by atoms with Crippen molar-refractivity contribution in [3.8, 4) is 0 Å². The monoisotopic (exact) mass is 246 g/mol. The van der Waals surface area contributed by atoms with E-state index in [1.165, 1.54) is 17.0 Å². The first-order chi connectivity index (χ1) is 8.61. The second-order valence-corrected chi connectivity index (χ2v) is 4.72. The number of nitrogens with zero attached hydrogens (tertiary/aromatic N) is 3. The molecule has 1 N–H and O–H groups in total. The molecule has 0 aliphatic carbocycles. The van der Waals surface area contributed by atoms with Crippen LogP contribution in [0.25, 0.3) is 0 Å². The molecule has 0 atom stereocenters. The molecule has 4 nitrogen and oxygen atoms in total. The van der Waals surface area contributed by atoms with Gasteiger partial charge in [0, 0.05) is 44.3 Å². The molecule has 0 fully saturated rings. The van der Waals surface area contributed by atoms with E-state index in [1.807, 2.05) is 24.0 Å². The first-order valence-corrected chi connectivity index (χ1v) is 6.46. The van der Waals surface area contributed by atoms with Gasteiger partial charge in [0.05, 0.1) is 5.69 Å². The van der Waals surface area contributed by atoms with E-state index in [9.17, 15) is 0 Å². The third kappa shape index (κ3) is 2.64. The van der Waals surface area contributed by atoms with Crippen LogP contribution in [0.15, 0.2) is 18.3 Å². The molecule has 2 rings (SSSR count). The molecule has 0 radical (unpaired) electrons. The number of rotatable bonds is 5. The van der Waals surface area contributed by atoms with E-state index < -0.39 is 0 Å². The molecule has 4 heteroatoms. The molecule has 0 bridgehead atoms. The third-order valence-corrected chi connectivity index (χ3v) is 3.39. The normalized spacial score (nSPS) is 11.1. The van der Waals surface area contributed by atoms with Crippen LogP contribution in [0, 0.1) is 13.8 Å². The van der Waals surface area contributed by atoms with Gasteiger partial charge in [-0.05, 0) is 38.5 Å². The van der Waals surface area contributed by atoms with Crippen molar-refractivity contribution < 1.29 is 0 Å². The van der Waals surface area contributed by atoms with Crippen molar-refractivity contribution in [3.63, 3.8) is 0 Å². The van der Waals surface area contributed by atoms with Gasteiger partial charge in [-0.15, -0.1) is 0 Å². The van der Waals surface area contributed by atoms with Gasteiger partial charge < -0.3 is 9.88 Å². The average Bonchev–Trinajstić information content (AvgIpc) is 2.85. The molecule has 0 saturated carbocycles. The Morgan fingerprint density at radius 3 is 2.61 bits per heavy atom. The van der Waals surface area contributed by atoms with Crippen molar-refractivity contribution in [1.29, 1.82) is 0 Å². The molecule has 2 heterocycles. The minimum atomic E-state index is 0.816. The zero-order valence-corrected chi connectivity index (χ0v) is 11.7. The molecular formula is C14H22N4. The smallest absolute Gasteiger partial charge is 0.0762 e. The van der Waals surface area contributed by atoms with Crippen LogP contribution in [0.3, 0.4) is 0 Å². The number of hydrogen-bond donors (Lipinski definition) is 1. The van der Waals surface area contributed by atoms with Gasteiger partial charge in [0.25, 0.3) is 0 Å². The van der Waals surface area contributed by atoms with Crippen LogP contribution < -0.4 is 5.32 Å². The Kier molecular flexibility index (Phi) is 3.87. The Morgan fingerprint density at radius 2 is 2.06 bits per heavy atom. The Bertz CT molecular complexity index is 522. The molecule has 0 unspecified atom stereocenters. The van der Waals surface area contributed by atoms with Crippen molar-refractivity contribution in [2.75, 3.05) is 0 Å². The van der Waals surface area contributed by atoms with Crippen LogP contribution >= 0.6 is 0 Å². The van der Waals surface area contributed by atoms with E-state index in [-0.39, 0.29) is 0 Å². The van der Waals surface area contributed by atoms with Crippen LogP contribution in [0.5, 0.6) is 0 Å². The Balaban J connectivity index is 1.94. The number of nitrogens with one attached hydrogen (secondary N) is 1. The molecule has 98 valence electrons. The van der Waals surface area contributed by atoms with Gasteiger partial charge in [-0.3, -0.25) is 4.68 Å². The zero-order valence-electron chi connectivity index (χ0n) is 11.7. The summed E-state index contributed by atoms with van der Waals surface area (Å²) in [4.78, 5) is 0.